The van der Waals surface area contributed by atoms with Crippen molar-refractivity contribution in [3.05, 3.63) is 40.3 Å². The minimum atomic E-state index is -0.113. The van der Waals surface area contributed by atoms with E-state index in [9.17, 15) is 4.79 Å². The zero-order chi connectivity index (χ0) is 22.2. The van der Waals surface area contributed by atoms with Crippen LogP contribution in [0.1, 0.15) is 19.4 Å². The zero-order valence-corrected chi connectivity index (χ0v) is 18.7. The summed E-state index contributed by atoms with van der Waals surface area (Å²) in [6.45, 7) is 10.2. The Kier molecular flexibility index (Phi) is 5.52. The lowest BCUT2D eigenvalue weighted by molar-refractivity contribution is 0.0973. The number of fused-ring (bicyclic) bond motifs is 1. The topological polar surface area (TPSA) is 96.5 Å². The van der Waals surface area contributed by atoms with Crippen molar-refractivity contribution < 1.29 is 9.47 Å². The second-order valence-electron chi connectivity index (χ2n) is 8.50. The van der Waals surface area contributed by atoms with Crippen LogP contribution >= 0.6 is 0 Å². The molecule has 0 amide bonds. The normalized spacial score (nSPS) is 21.8. The Morgan fingerprint density at radius 2 is 1.69 bits per heavy atom. The van der Waals surface area contributed by atoms with Crippen LogP contribution in [0.3, 0.4) is 0 Å². The van der Waals surface area contributed by atoms with Gasteiger partial charge in [0.2, 0.25) is 5.95 Å². The highest BCUT2D eigenvalue weighted by molar-refractivity contribution is 5.90. The second-order valence-corrected chi connectivity index (χ2v) is 8.50. The number of H-pyrrole nitrogens is 1. The fraction of sp³-hybridized carbons (Fsp3) is 0.478. The molecule has 0 spiro atoms. The molecule has 2 aliphatic rings. The van der Waals surface area contributed by atoms with E-state index in [0.29, 0.717) is 43.6 Å². The summed E-state index contributed by atoms with van der Waals surface area (Å²) in [4.78, 5) is 34.1. The third kappa shape index (κ3) is 3.71. The van der Waals surface area contributed by atoms with Gasteiger partial charge in [0.05, 0.1) is 49.6 Å². The van der Waals surface area contributed by atoms with Crippen molar-refractivity contribution in [2.24, 2.45) is 0 Å². The average molecular weight is 437 g/mol. The molecule has 32 heavy (non-hydrogen) atoms. The summed E-state index contributed by atoms with van der Waals surface area (Å²) >= 11 is 0. The van der Waals surface area contributed by atoms with Crippen molar-refractivity contribution in [3.8, 4) is 11.3 Å². The fourth-order valence-electron chi connectivity index (χ4n) is 4.38. The van der Waals surface area contributed by atoms with Crippen LogP contribution in [0.2, 0.25) is 0 Å². The molecule has 3 aromatic heterocycles. The van der Waals surface area contributed by atoms with Gasteiger partial charge in [-0.1, -0.05) is 0 Å². The van der Waals surface area contributed by atoms with E-state index >= 15 is 0 Å². The lowest BCUT2D eigenvalue weighted by atomic mass is 10.1. The fourth-order valence-corrected chi connectivity index (χ4v) is 4.38. The highest BCUT2D eigenvalue weighted by Gasteiger charge is 2.27. The van der Waals surface area contributed by atoms with Crippen LogP contribution in [0.25, 0.3) is 22.3 Å². The van der Waals surface area contributed by atoms with Crippen LogP contribution in [0, 0.1) is 6.92 Å². The Labute approximate surface area is 186 Å². The first-order chi connectivity index (χ1) is 15.5. The van der Waals surface area contributed by atoms with Gasteiger partial charge in [-0.2, -0.15) is 9.97 Å². The molecule has 2 atom stereocenters. The number of pyridine rings is 2. The Morgan fingerprint density at radius 3 is 2.41 bits per heavy atom. The maximum Gasteiger partial charge on any atom is 0.251 e. The number of nitrogens with zero attached hydrogens (tertiary/aromatic N) is 5. The standard InChI is InChI=1S/C23H28N6O3/c1-14-12-31-10-8-28(14)21-18-4-5-19(17-6-7-24-22(30)16(17)3)25-20(18)26-23(27-21)29-9-11-32-13-15(29)2/h4-7,14-15H,8-13H2,1-3H3,(H,24,30)/t14-,15-/m0/s1. The molecule has 168 valence electrons. The van der Waals surface area contributed by atoms with Gasteiger partial charge in [0.15, 0.2) is 5.65 Å². The number of rotatable bonds is 3. The number of aromatic amines is 1. The summed E-state index contributed by atoms with van der Waals surface area (Å²) < 4.78 is 11.3. The molecule has 3 aromatic rings. The molecule has 0 saturated carbocycles. The maximum atomic E-state index is 12.1. The molecule has 0 aromatic carbocycles. The molecule has 9 heteroatoms. The summed E-state index contributed by atoms with van der Waals surface area (Å²) in [6.07, 6.45) is 1.65. The van der Waals surface area contributed by atoms with Crippen molar-refractivity contribution in [1.29, 1.82) is 0 Å². The van der Waals surface area contributed by atoms with Crippen LogP contribution in [-0.4, -0.2) is 71.5 Å². The smallest absolute Gasteiger partial charge is 0.251 e. The molecule has 5 heterocycles. The summed E-state index contributed by atoms with van der Waals surface area (Å²) in [5.41, 5.74) is 2.67. The molecular weight excluding hydrogens is 408 g/mol. The molecule has 0 unspecified atom stereocenters. The lowest BCUT2D eigenvalue weighted by Gasteiger charge is -2.37. The zero-order valence-electron chi connectivity index (χ0n) is 18.7. The van der Waals surface area contributed by atoms with E-state index in [4.69, 9.17) is 24.4 Å². The summed E-state index contributed by atoms with van der Waals surface area (Å²) in [5.74, 6) is 1.54. The Morgan fingerprint density at radius 1 is 0.969 bits per heavy atom. The predicted molar refractivity (Wildman–Crippen MR) is 123 cm³/mol. The van der Waals surface area contributed by atoms with Crippen LogP contribution in [0.4, 0.5) is 11.8 Å². The van der Waals surface area contributed by atoms with E-state index in [1.807, 2.05) is 25.1 Å². The molecule has 1 N–H and O–H groups in total. The first-order valence-corrected chi connectivity index (χ1v) is 11.1. The van der Waals surface area contributed by atoms with Gasteiger partial charge in [0.25, 0.3) is 5.56 Å². The van der Waals surface area contributed by atoms with Crippen molar-refractivity contribution >= 4 is 22.8 Å². The lowest BCUT2D eigenvalue weighted by Crippen LogP contribution is -2.46. The third-order valence-electron chi connectivity index (χ3n) is 6.28. The Hall–Kier alpha value is -3.04. The quantitative estimate of drug-likeness (QED) is 0.667. The molecule has 2 aliphatic heterocycles. The second kappa shape index (κ2) is 8.48. The van der Waals surface area contributed by atoms with Gasteiger partial charge in [-0.25, -0.2) is 4.98 Å². The average Bonchev–Trinajstić information content (AvgIpc) is 2.80. The van der Waals surface area contributed by atoms with E-state index in [2.05, 4.69) is 28.6 Å². The van der Waals surface area contributed by atoms with Crippen molar-refractivity contribution in [1.82, 2.24) is 19.9 Å². The number of anilines is 2. The van der Waals surface area contributed by atoms with Gasteiger partial charge in [0, 0.05) is 30.4 Å². The van der Waals surface area contributed by atoms with E-state index in [1.165, 1.54) is 0 Å². The van der Waals surface area contributed by atoms with Crippen molar-refractivity contribution in [3.63, 3.8) is 0 Å². The molecule has 2 saturated heterocycles. The minimum absolute atomic E-state index is 0.113. The van der Waals surface area contributed by atoms with Gasteiger partial charge in [-0.15, -0.1) is 0 Å². The number of aromatic nitrogens is 4. The van der Waals surface area contributed by atoms with Gasteiger partial charge < -0.3 is 24.3 Å². The molecule has 0 bridgehead atoms. The van der Waals surface area contributed by atoms with Gasteiger partial charge in [-0.05, 0) is 39.0 Å². The van der Waals surface area contributed by atoms with Crippen molar-refractivity contribution in [2.45, 2.75) is 32.9 Å². The number of nitrogens with one attached hydrogen (secondary N) is 1. The number of hydrogen-bond acceptors (Lipinski definition) is 8. The SMILES string of the molecule is Cc1c(-c2ccc3c(N4CCOC[C@@H]4C)nc(N4CCOC[C@@H]4C)nc3n2)cc[nH]c1=O. The van der Waals surface area contributed by atoms with Crippen LogP contribution in [-0.2, 0) is 9.47 Å². The highest BCUT2D eigenvalue weighted by atomic mass is 16.5. The number of ether oxygens (including phenoxy) is 2. The van der Waals surface area contributed by atoms with Gasteiger partial charge >= 0.3 is 0 Å². The van der Waals surface area contributed by atoms with E-state index in [1.54, 1.807) is 6.20 Å². The number of morpholine rings is 2. The third-order valence-corrected chi connectivity index (χ3v) is 6.28. The molecule has 2 fully saturated rings. The summed E-state index contributed by atoms with van der Waals surface area (Å²) in [5, 5.41) is 0.898. The highest BCUT2D eigenvalue weighted by Crippen LogP contribution is 2.31. The summed E-state index contributed by atoms with van der Waals surface area (Å²) in [6, 6.07) is 6.21. The van der Waals surface area contributed by atoms with Crippen molar-refractivity contribution in [2.75, 3.05) is 49.3 Å². The molecule has 0 aliphatic carbocycles. The first-order valence-electron chi connectivity index (χ1n) is 11.1. The molecule has 5 rings (SSSR count). The Balaban J connectivity index is 1.68. The van der Waals surface area contributed by atoms with Gasteiger partial charge in [0.1, 0.15) is 5.82 Å². The first kappa shape index (κ1) is 20.8. The van der Waals surface area contributed by atoms with E-state index in [0.717, 1.165) is 35.6 Å². The van der Waals surface area contributed by atoms with E-state index < -0.39 is 0 Å². The van der Waals surface area contributed by atoms with Crippen LogP contribution in [0.15, 0.2) is 29.2 Å². The van der Waals surface area contributed by atoms with Crippen LogP contribution in [0.5, 0.6) is 0 Å². The summed E-state index contributed by atoms with van der Waals surface area (Å²) in [7, 11) is 0. The van der Waals surface area contributed by atoms with Gasteiger partial charge in [-0.3, -0.25) is 4.79 Å². The predicted octanol–water partition coefficient (Wildman–Crippen LogP) is 2.14. The number of hydrogen-bond donors (Lipinski definition) is 1. The molecular formula is C23H28N6O3. The molecule has 9 nitrogen and oxygen atoms in total. The van der Waals surface area contributed by atoms with E-state index in [-0.39, 0.29) is 17.6 Å². The minimum Gasteiger partial charge on any atom is -0.377 e. The van der Waals surface area contributed by atoms with Crippen LogP contribution < -0.4 is 15.4 Å². The largest absolute Gasteiger partial charge is 0.377 e. The molecule has 0 radical (unpaired) electrons. The maximum absolute atomic E-state index is 12.1. The Bertz CT molecular complexity index is 1200. The monoisotopic (exact) mass is 436 g/mol.